The van der Waals surface area contributed by atoms with Crippen molar-refractivity contribution in [3.05, 3.63) is 0 Å². The van der Waals surface area contributed by atoms with Crippen molar-refractivity contribution in [1.29, 1.82) is 0 Å². The first-order valence-corrected chi connectivity index (χ1v) is 6.78. The van der Waals surface area contributed by atoms with Crippen LogP contribution in [0.2, 0.25) is 0 Å². The molecule has 2 fully saturated rings. The highest BCUT2D eigenvalue weighted by atomic mass is 16.7. The van der Waals surface area contributed by atoms with Gasteiger partial charge in [-0.3, -0.25) is 0 Å². The zero-order valence-electron chi connectivity index (χ0n) is 12.3. The van der Waals surface area contributed by atoms with E-state index in [1.807, 2.05) is 0 Å². The summed E-state index contributed by atoms with van der Waals surface area (Å²) in [6, 6.07) is 0. The highest BCUT2D eigenvalue weighted by molar-refractivity contribution is 5.71. The summed E-state index contributed by atoms with van der Waals surface area (Å²) >= 11 is 0. The van der Waals surface area contributed by atoms with E-state index in [1.54, 1.807) is 27.7 Å². The van der Waals surface area contributed by atoms with Crippen LogP contribution < -0.4 is 0 Å². The summed E-state index contributed by atoms with van der Waals surface area (Å²) in [7, 11) is 0. The van der Waals surface area contributed by atoms with Crippen LogP contribution >= 0.6 is 0 Å². The van der Waals surface area contributed by atoms with E-state index in [2.05, 4.69) is 0 Å². The maximum atomic E-state index is 11.0. The van der Waals surface area contributed by atoms with Crippen LogP contribution in [-0.2, 0) is 28.5 Å². The van der Waals surface area contributed by atoms with Gasteiger partial charge in [0.05, 0.1) is 29.8 Å². The minimum Gasteiger partial charge on any atom is -0.477 e. The van der Waals surface area contributed by atoms with E-state index in [0.29, 0.717) is 0 Å². The molecule has 8 nitrogen and oxygen atoms in total. The van der Waals surface area contributed by atoms with Crippen molar-refractivity contribution in [2.75, 3.05) is 0 Å². The Morgan fingerprint density at radius 1 is 0.714 bits per heavy atom. The number of hydrogen-bond donors (Lipinski definition) is 2. The van der Waals surface area contributed by atoms with Crippen molar-refractivity contribution in [3.63, 3.8) is 0 Å². The van der Waals surface area contributed by atoms with Gasteiger partial charge in [0.2, 0.25) is 0 Å². The molecule has 120 valence electrons. The molecule has 2 heterocycles. The zero-order chi connectivity index (χ0) is 15.9. The fourth-order valence-electron chi connectivity index (χ4n) is 3.49. The Labute approximate surface area is 121 Å². The average Bonchev–Trinajstić information content (AvgIpc) is 2.36. The summed E-state index contributed by atoms with van der Waals surface area (Å²) in [5.74, 6) is -2.41. The van der Waals surface area contributed by atoms with Gasteiger partial charge >= 0.3 is 11.9 Å². The molecule has 1 spiro atoms. The maximum Gasteiger partial charge on any atom is 0.361 e. The first kappa shape index (κ1) is 16.2. The normalized spacial score (nSPS) is 47.2. The van der Waals surface area contributed by atoms with Crippen molar-refractivity contribution < 1.29 is 38.7 Å². The minimum atomic E-state index is -1.35. The highest BCUT2D eigenvalue weighted by Gasteiger charge is 2.61. The standard InChI is InChI=1S/C13H20O8/c1-5-13(6(2)19-11(18-5)9(14)15)7(3)20-12(10(16)17)21-8(13)4/h5-8,11-12H,1-4H3,(H,14,15)(H,16,17). The number of ether oxygens (including phenoxy) is 4. The Morgan fingerprint density at radius 2 is 0.952 bits per heavy atom. The zero-order valence-corrected chi connectivity index (χ0v) is 12.3. The average molecular weight is 304 g/mol. The molecule has 0 amide bonds. The van der Waals surface area contributed by atoms with Crippen molar-refractivity contribution in [3.8, 4) is 0 Å². The fraction of sp³-hybridized carbons (Fsp3) is 0.846. The number of rotatable bonds is 2. The summed E-state index contributed by atoms with van der Waals surface area (Å²) < 4.78 is 21.7. The summed E-state index contributed by atoms with van der Waals surface area (Å²) in [5, 5.41) is 18.0. The molecule has 8 heteroatoms. The topological polar surface area (TPSA) is 112 Å². The molecule has 0 aliphatic carbocycles. The smallest absolute Gasteiger partial charge is 0.361 e. The molecule has 2 aliphatic heterocycles. The van der Waals surface area contributed by atoms with E-state index >= 15 is 0 Å². The molecule has 2 N–H and O–H groups in total. The molecule has 2 aliphatic rings. The van der Waals surface area contributed by atoms with E-state index in [0.717, 1.165) is 0 Å². The SMILES string of the molecule is CC1OC(C(=O)O)OC(C)C12C(C)OC(C(=O)O)OC2C. The first-order valence-electron chi connectivity index (χ1n) is 6.78. The van der Waals surface area contributed by atoms with Crippen LogP contribution in [0, 0.1) is 5.41 Å². The molecule has 0 bridgehead atoms. The van der Waals surface area contributed by atoms with Crippen LogP contribution in [0.1, 0.15) is 27.7 Å². The lowest BCUT2D eigenvalue weighted by molar-refractivity contribution is -0.376. The third-order valence-electron chi connectivity index (χ3n) is 4.53. The molecule has 0 aromatic heterocycles. The second-order valence-electron chi connectivity index (χ2n) is 5.45. The molecule has 2 saturated heterocycles. The second kappa shape index (κ2) is 5.53. The lowest BCUT2D eigenvalue weighted by atomic mass is 9.68. The van der Waals surface area contributed by atoms with Crippen LogP contribution in [0.25, 0.3) is 0 Å². The molecule has 4 atom stereocenters. The van der Waals surface area contributed by atoms with Gasteiger partial charge in [0.25, 0.3) is 12.6 Å². The van der Waals surface area contributed by atoms with Gasteiger partial charge in [-0.15, -0.1) is 0 Å². The van der Waals surface area contributed by atoms with Gasteiger partial charge in [-0.1, -0.05) is 0 Å². The van der Waals surface area contributed by atoms with Crippen LogP contribution in [0.4, 0.5) is 0 Å². The van der Waals surface area contributed by atoms with Crippen LogP contribution in [0.5, 0.6) is 0 Å². The van der Waals surface area contributed by atoms with E-state index in [4.69, 9.17) is 29.2 Å². The Hall–Kier alpha value is -1.22. The van der Waals surface area contributed by atoms with Crippen molar-refractivity contribution in [2.45, 2.75) is 64.7 Å². The Bertz CT molecular complexity index is 368. The Kier molecular flexibility index (Phi) is 4.25. The largest absolute Gasteiger partial charge is 0.477 e. The van der Waals surface area contributed by atoms with E-state index in [-0.39, 0.29) is 0 Å². The molecule has 0 aromatic rings. The van der Waals surface area contributed by atoms with Crippen LogP contribution in [-0.4, -0.2) is 59.1 Å². The number of carboxylic acids is 2. The van der Waals surface area contributed by atoms with Gasteiger partial charge in [0, 0.05) is 0 Å². The predicted molar refractivity (Wildman–Crippen MR) is 67.5 cm³/mol. The third kappa shape index (κ3) is 2.42. The van der Waals surface area contributed by atoms with Crippen LogP contribution in [0.3, 0.4) is 0 Å². The molecule has 0 radical (unpaired) electrons. The Morgan fingerprint density at radius 3 is 1.14 bits per heavy atom. The number of carboxylic acid groups (broad SMARTS) is 2. The van der Waals surface area contributed by atoms with Gasteiger partial charge in [-0.2, -0.15) is 0 Å². The molecule has 0 aromatic carbocycles. The highest BCUT2D eigenvalue weighted by Crippen LogP contribution is 2.47. The number of hydrogen-bond acceptors (Lipinski definition) is 6. The lowest BCUT2D eigenvalue weighted by Gasteiger charge is -2.56. The third-order valence-corrected chi connectivity index (χ3v) is 4.53. The van der Waals surface area contributed by atoms with E-state index in [1.165, 1.54) is 0 Å². The predicted octanol–water partition coefficient (Wildman–Crippen LogP) is 0.442. The van der Waals surface area contributed by atoms with E-state index in [9.17, 15) is 9.59 Å². The fourth-order valence-corrected chi connectivity index (χ4v) is 3.49. The van der Waals surface area contributed by atoms with Gasteiger partial charge in [0.15, 0.2) is 0 Å². The van der Waals surface area contributed by atoms with Crippen LogP contribution in [0.15, 0.2) is 0 Å². The lowest BCUT2D eigenvalue weighted by Crippen LogP contribution is -2.68. The quantitative estimate of drug-likeness (QED) is 0.756. The molecule has 4 unspecified atom stereocenters. The summed E-state index contributed by atoms with van der Waals surface area (Å²) in [6.07, 6.45) is -4.86. The van der Waals surface area contributed by atoms with E-state index < -0.39 is 54.3 Å². The van der Waals surface area contributed by atoms with Crippen molar-refractivity contribution >= 4 is 11.9 Å². The number of aliphatic carboxylic acids is 2. The van der Waals surface area contributed by atoms with Gasteiger partial charge < -0.3 is 29.2 Å². The molecular formula is C13H20O8. The summed E-state index contributed by atoms with van der Waals surface area (Å²) in [5.41, 5.74) is -0.794. The molecular weight excluding hydrogens is 284 g/mol. The van der Waals surface area contributed by atoms with Crippen molar-refractivity contribution in [2.24, 2.45) is 5.41 Å². The molecule has 21 heavy (non-hydrogen) atoms. The summed E-state index contributed by atoms with van der Waals surface area (Å²) in [4.78, 5) is 22.1. The minimum absolute atomic E-state index is 0.540. The Balaban J connectivity index is 2.28. The van der Waals surface area contributed by atoms with Gasteiger partial charge in [-0.25, -0.2) is 9.59 Å². The molecule has 0 saturated carbocycles. The van der Waals surface area contributed by atoms with Gasteiger partial charge in [-0.05, 0) is 27.7 Å². The molecule has 2 rings (SSSR count). The number of carbonyl (C=O) groups is 2. The first-order chi connectivity index (χ1) is 9.71. The maximum absolute atomic E-state index is 11.0. The van der Waals surface area contributed by atoms with Gasteiger partial charge in [0.1, 0.15) is 0 Å². The summed E-state index contributed by atoms with van der Waals surface area (Å²) in [6.45, 7) is 6.87. The van der Waals surface area contributed by atoms with Crippen molar-refractivity contribution in [1.82, 2.24) is 0 Å². The monoisotopic (exact) mass is 304 g/mol. The second-order valence-corrected chi connectivity index (χ2v) is 5.45.